The maximum Gasteiger partial charge on any atom is 0.405 e. The third kappa shape index (κ3) is 3.89. The van der Waals surface area contributed by atoms with Crippen LogP contribution in [0.15, 0.2) is 18.3 Å². The molecule has 0 atom stereocenters. The molecule has 90 valence electrons. The number of hydrogen-bond acceptors (Lipinski definition) is 2. The van der Waals surface area contributed by atoms with Crippen molar-refractivity contribution in [2.75, 3.05) is 18.0 Å². The second kappa shape index (κ2) is 5.39. The van der Waals surface area contributed by atoms with Crippen LogP contribution in [0.5, 0.6) is 0 Å². The smallest absolute Gasteiger partial charge is 0.363 e. The molecule has 0 amide bonds. The van der Waals surface area contributed by atoms with Crippen LogP contribution in [-0.4, -0.2) is 24.2 Å². The summed E-state index contributed by atoms with van der Waals surface area (Å²) >= 11 is 5.58. The quantitative estimate of drug-likeness (QED) is 0.765. The molecule has 0 N–H and O–H groups in total. The first kappa shape index (κ1) is 13.1. The lowest BCUT2D eigenvalue weighted by molar-refractivity contribution is -0.119. The van der Waals surface area contributed by atoms with E-state index in [4.69, 9.17) is 11.6 Å². The molecule has 16 heavy (non-hydrogen) atoms. The number of nitrogens with zero attached hydrogens (tertiary/aromatic N) is 2. The maximum atomic E-state index is 12.3. The Morgan fingerprint density at radius 3 is 2.62 bits per heavy atom. The third-order valence-corrected chi connectivity index (χ3v) is 2.33. The molecular formula is C10H12ClF3N2. The van der Waals surface area contributed by atoms with E-state index >= 15 is 0 Å². The van der Waals surface area contributed by atoms with Gasteiger partial charge in [0.15, 0.2) is 0 Å². The highest BCUT2D eigenvalue weighted by Gasteiger charge is 2.30. The lowest BCUT2D eigenvalue weighted by atomic mass is 10.3. The second-order valence-corrected chi connectivity index (χ2v) is 3.54. The van der Waals surface area contributed by atoms with Gasteiger partial charge in [0, 0.05) is 18.4 Å². The van der Waals surface area contributed by atoms with E-state index in [2.05, 4.69) is 4.98 Å². The summed E-state index contributed by atoms with van der Waals surface area (Å²) in [4.78, 5) is 5.17. The summed E-state index contributed by atoms with van der Waals surface area (Å²) in [5, 5.41) is 0. The minimum Gasteiger partial charge on any atom is -0.363 e. The normalized spacial score (nSPS) is 11.6. The van der Waals surface area contributed by atoms with Gasteiger partial charge in [-0.2, -0.15) is 13.2 Å². The Hall–Kier alpha value is -0.970. The first-order chi connectivity index (χ1) is 7.46. The molecule has 1 aromatic rings. The predicted molar refractivity (Wildman–Crippen MR) is 57.7 cm³/mol. The maximum absolute atomic E-state index is 12.3. The average molecular weight is 253 g/mol. The highest BCUT2D eigenvalue weighted by molar-refractivity contribution is 6.16. The molecule has 0 aliphatic rings. The van der Waals surface area contributed by atoms with Crippen LogP contribution in [0, 0.1) is 0 Å². The molecule has 1 rings (SSSR count). The number of alkyl halides is 4. The molecule has 1 heterocycles. The van der Waals surface area contributed by atoms with Crippen molar-refractivity contribution in [3.63, 3.8) is 0 Å². The van der Waals surface area contributed by atoms with Crippen molar-refractivity contribution in [3.05, 3.63) is 24.0 Å². The Balaban J connectivity index is 2.86. The van der Waals surface area contributed by atoms with Crippen LogP contribution in [0.2, 0.25) is 0 Å². The Labute approximate surface area is 97.0 Å². The highest BCUT2D eigenvalue weighted by Crippen LogP contribution is 2.22. The predicted octanol–water partition coefficient (Wildman–Crippen LogP) is 3.21. The van der Waals surface area contributed by atoms with Crippen molar-refractivity contribution < 1.29 is 13.2 Å². The lowest BCUT2D eigenvalue weighted by Crippen LogP contribution is -2.34. The second-order valence-electron chi connectivity index (χ2n) is 3.27. The van der Waals surface area contributed by atoms with Crippen molar-refractivity contribution in [1.29, 1.82) is 0 Å². The van der Waals surface area contributed by atoms with E-state index in [-0.39, 0.29) is 12.4 Å². The van der Waals surface area contributed by atoms with Crippen LogP contribution >= 0.6 is 11.6 Å². The molecule has 0 radical (unpaired) electrons. The van der Waals surface area contributed by atoms with Gasteiger partial charge in [0.2, 0.25) is 0 Å². The molecular weight excluding hydrogens is 241 g/mol. The molecule has 1 aromatic heterocycles. The van der Waals surface area contributed by atoms with Crippen molar-refractivity contribution in [2.45, 2.75) is 19.0 Å². The zero-order valence-electron chi connectivity index (χ0n) is 8.76. The zero-order chi connectivity index (χ0) is 12.2. The summed E-state index contributed by atoms with van der Waals surface area (Å²) in [5.41, 5.74) is 1.06. The lowest BCUT2D eigenvalue weighted by Gasteiger charge is -2.24. The minimum atomic E-state index is -4.21. The van der Waals surface area contributed by atoms with Gasteiger partial charge >= 0.3 is 6.18 Å². The van der Waals surface area contributed by atoms with E-state index in [1.54, 1.807) is 19.1 Å². The molecule has 0 spiro atoms. The van der Waals surface area contributed by atoms with Crippen LogP contribution in [0.3, 0.4) is 0 Å². The topological polar surface area (TPSA) is 16.1 Å². The minimum absolute atomic E-state index is 0.192. The SMILES string of the molecule is CCN(CC(F)(F)F)c1ccnc(CCl)c1. The summed E-state index contributed by atoms with van der Waals surface area (Å²) in [7, 11) is 0. The van der Waals surface area contributed by atoms with Gasteiger partial charge in [0.1, 0.15) is 6.54 Å². The van der Waals surface area contributed by atoms with E-state index < -0.39 is 12.7 Å². The van der Waals surface area contributed by atoms with E-state index in [0.717, 1.165) is 0 Å². The first-order valence-corrected chi connectivity index (χ1v) is 5.32. The molecule has 0 saturated carbocycles. The number of rotatable bonds is 4. The third-order valence-electron chi connectivity index (χ3n) is 2.05. The first-order valence-electron chi connectivity index (χ1n) is 4.79. The van der Waals surface area contributed by atoms with Crippen LogP contribution < -0.4 is 4.90 Å². The number of pyridine rings is 1. The highest BCUT2D eigenvalue weighted by atomic mass is 35.5. The van der Waals surface area contributed by atoms with Crippen LogP contribution in [0.25, 0.3) is 0 Å². The van der Waals surface area contributed by atoms with Gasteiger partial charge < -0.3 is 4.90 Å². The van der Waals surface area contributed by atoms with E-state index in [0.29, 0.717) is 11.4 Å². The van der Waals surface area contributed by atoms with E-state index in [1.165, 1.54) is 11.1 Å². The molecule has 0 bridgehead atoms. The Bertz CT molecular complexity index is 341. The summed E-state index contributed by atoms with van der Waals surface area (Å²) < 4.78 is 36.8. The van der Waals surface area contributed by atoms with Crippen LogP contribution in [-0.2, 0) is 5.88 Å². The van der Waals surface area contributed by atoms with Crippen molar-refractivity contribution in [2.24, 2.45) is 0 Å². The fraction of sp³-hybridized carbons (Fsp3) is 0.500. The zero-order valence-corrected chi connectivity index (χ0v) is 9.52. The van der Waals surface area contributed by atoms with E-state index in [9.17, 15) is 13.2 Å². The van der Waals surface area contributed by atoms with Gasteiger partial charge in [-0.25, -0.2) is 0 Å². The Morgan fingerprint density at radius 1 is 1.44 bits per heavy atom. The molecule has 6 heteroatoms. The molecule has 0 aromatic carbocycles. The number of hydrogen-bond donors (Lipinski definition) is 0. The van der Waals surface area contributed by atoms with Gasteiger partial charge in [0.05, 0.1) is 11.6 Å². The number of halogens is 4. The van der Waals surface area contributed by atoms with Crippen molar-refractivity contribution >= 4 is 17.3 Å². The summed E-state index contributed by atoms with van der Waals surface area (Å²) in [6, 6.07) is 3.12. The Kier molecular flexibility index (Phi) is 4.41. The van der Waals surface area contributed by atoms with Crippen molar-refractivity contribution in [3.8, 4) is 0 Å². The molecule has 0 saturated heterocycles. The van der Waals surface area contributed by atoms with E-state index in [1.807, 2.05) is 0 Å². The molecule has 0 unspecified atom stereocenters. The van der Waals surface area contributed by atoms with Gasteiger partial charge in [-0.15, -0.1) is 11.6 Å². The van der Waals surface area contributed by atoms with Gasteiger partial charge in [-0.3, -0.25) is 4.98 Å². The molecule has 0 fully saturated rings. The monoisotopic (exact) mass is 252 g/mol. The van der Waals surface area contributed by atoms with Gasteiger partial charge in [-0.05, 0) is 19.1 Å². The standard InChI is InChI=1S/C10H12ClF3N2/c1-2-16(7-10(12,13)14)9-3-4-15-8(5-9)6-11/h3-5H,2,6-7H2,1H3. The van der Waals surface area contributed by atoms with Crippen LogP contribution in [0.4, 0.5) is 18.9 Å². The number of anilines is 1. The number of aromatic nitrogens is 1. The molecule has 0 aliphatic heterocycles. The summed E-state index contributed by atoms with van der Waals surface area (Å²) in [6.45, 7) is 0.993. The summed E-state index contributed by atoms with van der Waals surface area (Å²) in [5.74, 6) is 0.192. The summed E-state index contributed by atoms with van der Waals surface area (Å²) in [6.07, 6.45) is -2.74. The molecule has 0 aliphatic carbocycles. The average Bonchev–Trinajstić information content (AvgIpc) is 2.25. The fourth-order valence-electron chi connectivity index (χ4n) is 1.34. The molecule has 2 nitrogen and oxygen atoms in total. The van der Waals surface area contributed by atoms with Gasteiger partial charge in [-0.1, -0.05) is 0 Å². The Morgan fingerprint density at radius 2 is 2.12 bits per heavy atom. The largest absolute Gasteiger partial charge is 0.405 e. The van der Waals surface area contributed by atoms with Crippen molar-refractivity contribution in [1.82, 2.24) is 4.98 Å². The van der Waals surface area contributed by atoms with Gasteiger partial charge in [0.25, 0.3) is 0 Å². The fourth-order valence-corrected chi connectivity index (χ4v) is 1.48. The van der Waals surface area contributed by atoms with Crippen LogP contribution in [0.1, 0.15) is 12.6 Å².